The SMILES string of the molecule is Nc1ccc(-c2cccs2)cc1NC(=O)c1cc(C2CC2)c2nc(N3CCNCC3)ccc2c1. The number of amides is 1. The molecule has 34 heavy (non-hydrogen) atoms. The molecular formula is C27H27N5OS. The molecule has 2 fully saturated rings. The first-order valence-electron chi connectivity index (χ1n) is 11.8. The van der Waals surface area contributed by atoms with Gasteiger partial charge in [0, 0.05) is 42.0 Å². The fourth-order valence-electron chi connectivity index (χ4n) is 4.61. The average molecular weight is 470 g/mol. The highest BCUT2D eigenvalue weighted by molar-refractivity contribution is 7.13. The molecule has 1 aliphatic heterocycles. The molecule has 172 valence electrons. The number of nitrogens with zero attached hydrogens (tertiary/aromatic N) is 2. The molecule has 0 unspecified atom stereocenters. The van der Waals surface area contributed by atoms with Crippen molar-refractivity contribution in [3.63, 3.8) is 0 Å². The lowest BCUT2D eigenvalue weighted by Crippen LogP contribution is -2.43. The van der Waals surface area contributed by atoms with E-state index in [-0.39, 0.29) is 5.91 Å². The van der Waals surface area contributed by atoms with Crippen molar-refractivity contribution in [2.75, 3.05) is 42.1 Å². The van der Waals surface area contributed by atoms with Gasteiger partial charge in [-0.15, -0.1) is 11.3 Å². The molecule has 7 heteroatoms. The second-order valence-electron chi connectivity index (χ2n) is 9.05. The molecule has 4 N–H and O–H groups in total. The summed E-state index contributed by atoms with van der Waals surface area (Å²) in [5.74, 6) is 1.35. The van der Waals surface area contributed by atoms with Crippen molar-refractivity contribution >= 4 is 45.3 Å². The molecule has 4 aromatic rings. The van der Waals surface area contributed by atoms with Crippen LogP contribution in [0.25, 0.3) is 21.3 Å². The number of pyridine rings is 1. The monoisotopic (exact) mass is 469 g/mol. The molecule has 3 heterocycles. The maximum absolute atomic E-state index is 13.3. The van der Waals surface area contributed by atoms with Crippen LogP contribution in [0.5, 0.6) is 0 Å². The number of piperazine rings is 1. The molecule has 2 aromatic carbocycles. The minimum atomic E-state index is -0.148. The van der Waals surface area contributed by atoms with Crippen molar-refractivity contribution in [3.8, 4) is 10.4 Å². The lowest BCUT2D eigenvalue weighted by Gasteiger charge is -2.28. The molecule has 2 aromatic heterocycles. The van der Waals surface area contributed by atoms with E-state index in [0.29, 0.717) is 22.9 Å². The molecule has 6 rings (SSSR count). The standard InChI is InChI=1S/C27H27N5OS/c28-22-7-5-18(24-2-1-13-34-24)16-23(22)30-27(33)20-14-19-6-8-25(32-11-9-29-10-12-32)31-26(19)21(15-20)17-3-4-17/h1-2,5-8,13-17,29H,3-4,9-12,28H2,(H,30,33). The average Bonchev–Trinajstić information content (AvgIpc) is 3.58. The Hall–Kier alpha value is -3.42. The third-order valence-electron chi connectivity index (χ3n) is 6.63. The van der Waals surface area contributed by atoms with Gasteiger partial charge in [-0.2, -0.15) is 0 Å². The summed E-state index contributed by atoms with van der Waals surface area (Å²) in [4.78, 5) is 21.8. The second-order valence-corrected chi connectivity index (χ2v) is 10.00. The van der Waals surface area contributed by atoms with Crippen LogP contribution < -0.4 is 21.3 Å². The Labute approximate surface area is 202 Å². The van der Waals surface area contributed by atoms with Gasteiger partial charge < -0.3 is 21.3 Å². The fourth-order valence-corrected chi connectivity index (χ4v) is 5.34. The first-order chi connectivity index (χ1) is 16.7. The fraction of sp³-hybridized carbons (Fsp3) is 0.259. The Balaban J connectivity index is 1.33. The van der Waals surface area contributed by atoms with Gasteiger partial charge in [-0.05, 0) is 77.7 Å². The van der Waals surface area contributed by atoms with E-state index in [1.165, 1.54) is 5.56 Å². The van der Waals surface area contributed by atoms with Crippen LogP contribution in [-0.2, 0) is 0 Å². The maximum atomic E-state index is 13.3. The van der Waals surface area contributed by atoms with Gasteiger partial charge in [0.15, 0.2) is 0 Å². The molecule has 1 saturated heterocycles. The second kappa shape index (κ2) is 8.74. The summed E-state index contributed by atoms with van der Waals surface area (Å²) in [5, 5.41) is 9.49. The van der Waals surface area contributed by atoms with E-state index in [2.05, 4.69) is 33.7 Å². The van der Waals surface area contributed by atoms with E-state index in [1.807, 2.05) is 41.8 Å². The lowest BCUT2D eigenvalue weighted by atomic mass is 10.0. The minimum Gasteiger partial charge on any atom is -0.397 e. The van der Waals surface area contributed by atoms with Crippen molar-refractivity contribution in [1.82, 2.24) is 10.3 Å². The number of hydrogen-bond donors (Lipinski definition) is 3. The Morgan fingerprint density at radius 2 is 1.94 bits per heavy atom. The normalized spacial score (nSPS) is 16.1. The Morgan fingerprint density at radius 1 is 1.09 bits per heavy atom. The summed E-state index contributed by atoms with van der Waals surface area (Å²) >= 11 is 1.66. The summed E-state index contributed by atoms with van der Waals surface area (Å²) in [6.07, 6.45) is 2.30. The van der Waals surface area contributed by atoms with Gasteiger partial charge in [0.25, 0.3) is 5.91 Å². The van der Waals surface area contributed by atoms with Gasteiger partial charge >= 0.3 is 0 Å². The Kier molecular flexibility index (Phi) is 5.43. The van der Waals surface area contributed by atoms with Crippen LogP contribution >= 0.6 is 11.3 Å². The Bertz CT molecular complexity index is 1360. The molecular weight excluding hydrogens is 442 g/mol. The maximum Gasteiger partial charge on any atom is 0.255 e. The summed E-state index contributed by atoms with van der Waals surface area (Å²) in [5.41, 5.74) is 11.3. The number of thiophene rings is 1. The largest absolute Gasteiger partial charge is 0.397 e. The van der Waals surface area contributed by atoms with Crippen molar-refractivity contribution in [2.24, 2.45) is 0 Å². The van der Waals surface area contributed by atoms with E-state index in [1.54, 1.807) is 11.3 Å². The number of carbonyl (C=O) groups is 1. The van der Waals surface area contributed by atoms with Gasteiger partial charge in [0.1, 0.15) is 5.82 Å². The highest BCUT2D eigenvalue weighted by Gasteiger charge is 2.28. The van der Waals surface area contributed by atoms with Crippen LogP contribution in [-0.4, -0.2) is 37.1 Å². The topological polar surface area (TPSA) is 83.3 Å². The number of hydrogen-bond acceptors (Lipinski definition) is 6. The Morgan fingerprint density at radius 3 is 2.71 bits per heavy atom. The number of nitrogens with one attached hydrogen (secondary N) is 2. The van der Waals surface area contributed by atoms with Crippen LogP contribution in [0.2, 0.25) is 0 Å². The number of nitrogen functional groups attached to an aromatic ring is 1. The van der Waals surface area contributed by atoms with Crippen LogP contribution in [0.1, 0.15) is 34.7 Å². The van der Waals surface area contributed by atoms with Crippen molar-refractivity contribution in [1.29, 1.82) is 0 Å². The smallest absolute Gasteiger partial charge is 0.255 e. The number of benzene rings is 2. The molecule has 0 bridgehead atoms. The van der Waals surface area contributed by atoms with Gasteiger partial charge in [0.05, 0.1) is 16.9 Å². The van der Waals surface area contributed by atoms with Gasteiger partial charge in [-0.1, -0.05) is 12.1 Å². The zero-order valence-corrected chi connectivity index (χ0v) is 19.7. The summed E-state index contributed by atoms with van der Waals surface area (Å²) < 4.78 is 0. The molecule has 1 amide bonds. The first kappa shape index (κ1) is 21.1. The summed E-state index contributed by atoms with van der Waals surface area (Å²) in [7, 11) is 0. The number of aromatic nitrogens is 1. The van der Waals surface area contributed by atoms with Gasteiger partial charge in [-0.3, -0.25) is 4.79 Å². The quantitative estimate of drug-likeness (QED) is 0.355. The minimum absolute atomic E-state index is 0.148. The third-order valence-corrected chi connectivity index (χ3v) is 7.55. The van der Waals surface area contributed by atoms with E-state index >= 15 is 0 Å². The molecule has 0 radical (unpaired) electrons. The van der Waals surface area contributed by atoms with E-state index < -0.39 is 0 Å². The zero-order valence-electron chi connectivity index (χ0n) is 18.9. The molecule has 0 spiro atoms. The molecule has 2 aliphatic rings. The number of carbonyl (C=O) groups excluding carboxylic acids is 1. The van der Waals surface area contributed by atoms with Crippen LogP contribution in [0.3, 0.4) is 0 Å². The predicted octanol–water partition coefficient (Wildman–Crippen LogP) is 5.08. The first-order valence-corrected chi connectivity index (χ1v) is 12.7. The zero-order chi connectivity index (χ0) is 23.1. The summed E-state index contributed by atoms with van der Waals surface area (Å²) in [6, 6.07) is 18.0. The van der Waals surface area contributed by atoms with Crippen LogP contribution in [0.15, 0.2) is 60.0 Å². The van der Waals surface area contributed by atoms with E-state index in [0.717, 1.165) is 66.2 Å². The summed E-state index contributed by atoms with van der Waals surface area (Å²) in [6.45, 7) is 3.88. The van der Waals surface area contributed by atoms with Crippen molar-refractivity contribution in [3.05, 3.63) is 71.1 Å². The number of fused-ring (bicyclic) bond motifs is 1. The number of anilines is 3. The van der Waals surface area contributed by atoms with Gasteiger partial charge in [0.2, 0.25) is 0 Å². The highest BCUT2D eigenvalue weighted by Crippen LogP contribution is 2.43. The third kappa shape index (κ3) is 4.13. The van der Waals surface area contributed by atoms with Crippen LogP contribution in [0.4, 0.5) is 17.2 Å². The molecule has 6 nitrogen and oxygen atoms in total. The molecule has 0 atom stereocenters. The lowest BCUT2D eigenvalue weighted by molar-refractivity contribution is 0.102. The van der Waals surface area contributed by atoms with E-state index in [4.69, 9.17) is 10.7 Å². The van der Waals surface area contributed by atoms with Crippen LogP contribution in [0, 0.1) is 0 Å². The predicted molar refractivity (Wildman–Crippen MR) is 141 cm³/mol. The van der Waals surface area contributed by atoms with Crippen molar-refractivity contribution in [2.45, 2.75) is 18.8 Å². The highest BCUT2D eigenvalue weighted by atomic mass is 32.1. The van der Waals surface area contributed by atoms with Crippen molar-refractivity contribution < 1.29 is 4.79 Å². The number of nitrogens with two attached hydrogens (primary N) is 1. The van der Waals surface area contributed by atoms with Gasteiger partial charge in [-0.25, -0.2) is 4.98 Å². The molecule has 1 saturated carbocycles. The molecule has 1 aliphatic carbocycles. The number of rotatable bonds is 5. The van der Waals surface area contributed by atoms with E-state index in [9.17, 15) is 4.79 Å².